The maximum absolute atomic E-state index is 11.6. The summed E-state index contributed by atoms with van der Waals surface area (Å²) in [6, 6.07) is 3.81. The van der Waals surface area contributed by atoms with E-state index in [9.17, 15) is 9.90 Å². The average molecular weight is 253 g/mol. The zero-order valence-corrected chi connectivity index (χ0v) is 9.63. The highest BCUT2D eigenvalue weighted by Gasteiger charge is 2.08. The smallest absolute Gasteiger partial charge is 0.251 e. The zero-order chi connectivity index (χ0) is 13.5. The van der Waals surface area contributed by atoms with Gasteiger partial charge in [0.15, 0.2) is 11.5 Å². The lowest BCUT2D eigenvalue weighted by molar-refractivity contribution is 0.0953. The molecule has 7 heteroatoms. The number of hydrogen-bond donors (Lipinski definition) is 5. The second kappa shape index (κ2) is 6.33. The number of nitrogens with zero attached hydrogens (tertiary/aromatic N) is 1. The highest BCUT2D eigenvalue weighted by molar-refractivity contribution is 5.94. The molecule has 18 heavy (non-hydrogen) atoms. The summed E-state index contributed by atoms with van der Waals surface area (Å²) in [6.07, 6.45) is 0.906. The molecule has 0 atom stereocenters. The monoisotopic (exact) mass is 253 g/mol. The van der Waals surface area contributed by atoms with E-state index >= 15 is 0 Å². The summed E-state index contributed by atoms with van der Waals surface area (Å²) in [4.78, 5) is 11.6. The van der Waals surface area contributed by atoms with Gasteiger partial charge >= 0.3 is 0 Å². The first-order chi connectivity index (χ1) is 8.54. The van der Waals surface area contributed by atoms with E-state index in [1.807, 2.05) is 0 Å². The first-order valence-corrected chi connectivity index (χ1v) is 5.31. The quantitative estimate of drug-likeness (QED) is 0.129. The molecule has 0 bridgehead atoms. The van der Waals surface area contributed by atoms with Crippen LogP contribution >= 0.6 is 0 Å². The van der Waals surface area contributed by atoms with Gasteiger partial charge < -0.3 is 26.5 Å². The summed E-state index contributed by atoms with van der Waals surface area (Å²) >= 11 is 0. The molecular formula is C11H15N3O4. The van der Waals surface area contributed by atoms with Gasteiger partial charge in [-0.15, -0.1) is 0 Å². The Morgan fingerprint density at radius 2 is 2.06 bits per heavy atom. The van der Waals surface area contributed by atoms with Crippen LogP contribution < -0.4 is 11.1 Å². The van der Waals surface area contributed by atoms with Gasteiger partial charge in [-0.2, -0.15) is 0 Å². The minimum absolute atomic E-state index is 0.103. The van der Waals surface area contributed by atoms with Crippen LogP contribution in [-0.2, 0) is 0 Å². The Morgan fingerprint density at radius 1 is 1.33 bits per heavy atom. The highest BCUT2D eigenvalue weighted by Crippen LogP contribution is 2.24. The molecule has 7 nitrogen and oxygen atoms in total. The standard InChI is InChI=1S/C11H15N3O4/c12-10(14-18)2-1-5-13-11(17)7-3-4-8(15)9(16)6-7/h3-4,6,15-16,18H,1-2,5H2,(H2,12,14)(H,13,17). The van der Waals surface area contributed by atoms with E-state index in [2.05, 4.69) is 10.5 Å². The first kappa shape index (κ1) is 13.6. The number of amidine groups is 1. The lowest BCUT2D eigenvalue weighted by Gasteiger charge is -2.05. The molecule has 1 aromatic rings. The van der Waals surface area contributed by atoms with Crippen molar-refractivity contribution in [2.24, 2.45) is 10.9 Å². The van der Waals surface area contributed by atoms with E-state index in [1.54, 1.807) is 0 Å². The van der Waals surface area contributed by atoms with Crippen molar-refractivity contribution >= 4 is 11.7 Å². The number of phenols is 2. The molecule has 6 N–H and O–H groups in total. The van der Waals surface area contributed by atoms with E-state index in [-0.39, 0.29) is 28.8 Å². The predicted molar refractivity (Wildman–Crippen MR) is 64.7 cm³/mol. The molecule has 1 amide bonds. The number of phenolic OH excluding ortho intramolecular Hbond substituents is 2. The minimum atomic E-state index is -0.371. The van der Waals surface area contributed by atoms with Crippen molar-refractivity contribution in [3.63, 3.8) is 0 Å². The van der Waals surface area contributed by atoms with Gasteiger partial charge in [0.2, 0.25) is 0 Å². The average Bonchev–Trinajstić information content (AvgIpc) is 2.37. The fraction of sp³-hybridized carbons (Fsp3) is 0.273. The third-order valence-corrected chi connectivity index (χ3v) is 2.26. The molecule has 0 saturated carbocycles. The van der Waals surface area contributed by atoms with Crippen LogP contribution in [0.3, 0.4) is 0 Å². The Balaban J connectivity index is 2.43. The molecular weight excluding hydrogens is 238 g/mol. The van der Waals surface area contributed by atoms with Crippen LogP contribution in [0.15, 0.2) is 23.4 Å². The third kappa shape index (κ3) is 3.85. The molecule has 0 saturated heterocycles. The lowest BCUT2D eigenvalue weighted by atomic mass is 10.2. The molecule has 0 fully saturated rings. The Labute approximate surface area is 104 Å². The van der Waals surface area contributed by atoms with Gasteiger partial charge in [-0.05, 0) is 24.6 Å². The largest absolute Gasteiger partial charge is 0.504 e. The Morgan fingerprint density at radius 3 is 2.67 bits per heavy atom. The number of carbonyl (C=O) groups is 1. The fourth-order valence-corrected chi connectivity index (χ4v) is 1.29. The third-order valence-electron chi connectivity index (χ3n) is 2.26. The number of nitrogens with one attached hydrogen (secondary N) is 1. The number of amides is 1. The second-order valence-corrected chi connectivity index (χ2v) is 3.65. The van der Waals surface area contributed by atoms with Crippen LogP contribution in [-0.4, -0.2) is 33.7 Å². The van der Waals surface area contributed by atoms with E-state index < -0.39 is 0 Å². The van der Waals surface area contributed by atoms with Crippen LogP contribution in [0, 0.1) is 0 Å². The number of oxime groups is 1. The number of carbonyl (C=O) groups excluding carboxylic acids is 1. The van der Waals surface area contributed by atoms with Crippen LogP contribution in [0.4, 0.5) is 0 Å². The molecule has 0 spiro atoms. The predicted octanol–water partition coefficient (Wildman–Crippen LogP) is 0.354. The second-order valence-electron chi connectivity index (χ2n) is 3.65. The van der Waals surface area contributed by atoms with E-state index in [4.69, 9.17) is 16.0 Å². The summed E-state index contributed by atoms with van der Waals surface area (Å²) in [5, 5.41) is 32.0. The number of rotatable bonds is 5. The van der Waals surface area contributed by atoms with Crippen molar-refractivity contribution in [1.29, 1.82) is 0 Å². The molecule has 0 unspecified atom stereocenters. The van der Waals surface area contributed by atoms with Crippen LogP contribution in [0.5, 0.6) is 11.5 Å². The molecule has 0 aromatic heterocycles. The van der Waals surface area contributed by atoms with Crippen LogP contribution in [0.25, 0.3) is 0 Å². The minimum Gasteiger partial charge on any atom is -0.504 e. The van der Waals surface area contributed by atoms with E-state index in [0.717, 1.165) is 0 Å². The van der Waals surface area contributed by atoms with Crippen molar-refractivity contribution in [1.82, 2.24) is 5.32 Å². The van der Waals surface area contributed by atoms with Crippen molar-refractivity contribution in [2.45, 2.75) is 12.8 Å². The van der Waals surface area contributed by atoms with E-state index in [0.29, 0.717) is 19.4 Å². The SMILES string of the molecule is N/C(CCCNC(=O)c1ccc(O)c(O)c1)=N/O. The normalized spacial score (nSPS) is 11.2. The Hall–Kier alpha value is -2.44. The summed E-state index contributed by atoms with van der Waals surface area (Å²) in [7, 11) is 0. The number of aromatic hydroxyl groups is 2. The molecule has 98 valence electrons. The van der Waals surface area contributed by atoms with Gasteiger partial charge in [-0.3, -0.25) is 4.79 Å². The van der Waals surface area contributed by atoms with Gasteiger partial charge in [-0.25, -0.2) is 0 Å². The molecule has 0 radical (unpaired) electrons. The van der Waals surface area contributed by atoms with Crippen LogP contribution in [0.1, 0.15) is 23.2 Å². The molecule has 1 rings (SSSR count). The summed E-state index contributed by atoms with van der Waals surface area (Å²) < 4.78 is 0. The topological polar surface area (TPSA) is 128 Å². The van der Waals surface area contributed by atoms with Crippen molar-refractivity contribution < 1.29 is 20.2 Å². The zero-order valence-electron chi connectivity index (χ0n) is 9.63. The number of nitrogens with two attached hydrogens (primary N) is 1. The fourth-order valence-electron chi connectivity index (χ4n) is 1.29. The van der Waals surface area contributed by atoms with Crippen LogP contribution in [0.2, 0.25) is 0 Å². The summed E-state index contributed by atoms with van der Waals surface area (Å²) in [5.74, 6) is -0.894. The van der Waals surface area contributed by atoms with E-state index in [1.165, 1.54) is 18.2 Å². The Bertz CT molecular complexity index is 460. The lowest BCUT2D eigenvalue weighted by Crippen LogP contribution is -2.25. The molecule has 0 aliphatic carbocycles. The van der Waals surface area contributed by atoms with Gasteiger partial charge in [-0.1, -0.05) is 5.16 Å². The molecule has 1 aromatic carbocycles. The molecule has 0 aliphatic rings. The van der Waals surface area contributed by atoms with Crippen molar-refractivity contribution in [3.8, 4) is 11.5 Å². The maximum atomic E-state index is 11.6. The van der Waals surface area contributed by atoms with Gasteiger partial charge in [0.05, 0.1) is 0 Å². The van der Waals surface area contributed by atoms with Gasteiger partial charge in [0.1, 0.15) is 5.84 Å². The molecule has 0 heterocycles. The van der Waals surface area contributed by atoms with Crippen molar-refractivity contribution in [2.75, 3.05) is 6.54 Å². The Kier molecular flexibility index (Phi) is 4.79. The number of benzene rings is 1. The number of hydrogen-bond acceptors (Lipinski definition) is 5. The highest BCUT2D eigenvalue weighted by atomic mass is 16.4. The van der Waals surface area contributed by atoms with Crippen molar-refractivity contribution in [3.05, 3.63) is 23.8 Å². The van der Waals surface area contributed by atoms with Gasteiger partial charge in [0, 0.05) is 18.5 Å². The summed E-state index contributed by atoms with van der Waals surface area (Å²) in [5.41, 5.74) is 5.51. The summed E-state index contributed by atoms with van der Waals surface area (Å²) in [6.45, 7) is 0.358. The van der Waals surface area contributed by atoms with Gasteiger partial charge in [0.25, 0.3) is 5.91 Å². The molecule has 0 aliphatic heterocycles. The maximum Gasteiger partial charge on any atom is 0.251 e. The first-order valence-electron chi connectivity index (χ1n) is 5.31.